The number of benzene rings is 1. The van der Waals surface area contributed by atoms with Crippen molar-refractivity contribution in [3.05, 3.63) is 54.4 Å². The number of fused-ring (bicyclic) bond motifs is 3. The predicted molar refractivity (Wildman–Crippen MR) is 301 cm³/mol. The molecule has 4 amide bonds. The van der Waals surface area contributed by atoms with Crippen molar-refractivity contribution in [3.63, 3.8) is 0 Å². The minimum absolute atomic E-state index is 0.0924. The number of nitrogens with one attached hydrogen (secondary N) is 4. The molecule has 84 heavy (non-hydrogen) atoms. The molecular weight excluding hydrogens is 1100 g/mol. The van der Waals surface area contributed by atoms with Gasteiger partial charge < -0.3 is 88.3 Å². The van der Waals surface area contributed by atoms with E-state index in [-0.39, 0.29) is 76.2 Å². The highest BCUT2D eigenvalue weighted by Crippen LogP contribution is 2.24. The zero-order valence-corrected chi connectivity index (χ0v) is 48.1. The molecule has 0 aliphatic heterocycles. The summed E-state index contributed by atoms with van der Waals surface area (Å²) in [6.45, 7) is 9.83. The number of aromatic nitrogens is 6. The average molecular weight is 1190 g/mol. The van der Waals surface area contributed by atoms with Crippen molar-refractivity contribution in [2.45, 2.75) is 26.3 Å². The summed E-state index contributed by atoms with van der Waals surface area (Å²) in [5.74, 6) is 0.0162. The molecule has 4 heterocycles. The van der Waals surface area contributed by atoms with Crippen LogP contribution < -0.4 is 31.7 Å². The highest BCUT2D eigenvalue weighted by molar-refractivity contribution is 5.90. The number of carbonyl (C=O) groups excluding carboxylic acids is 5. The Bertz CT molecular complexity index is 2620. The van der Waals surface area contributed by atoms with Crippen molar-refractivity contribution < 1.29 is 85.2 Å². The Morgan fingerprint density at radius 2 is 1.06 bits per heavy atom. The number of carbonyl (C=O) groups is 5. The molecule has 0 saturated heterocycles. The summed E-state index contributed by atoms with van der Waals surface area (Å²) < 4.78 is 73.9. The molecule has 30 nitrogen and oxygen atoms in total. The van der Waals surface area contributed by atoms with Crippen molar-refractivity contribution in [1.29, 1.82) is 0 Å². The summed E-state index contributed by atoms with van der Waals surface area (Å²) in [5, 5.41) is 20.5. The van der Waals surface area contributed by atoms with Gasteiger partial charge in [-0.15, -0.1) is 5.10 Å². The van der Waals surface area contributed by atoms with Crippen LogP contribution in [0.3, 0.4) is 0 Å². The number of amides is 4. The highest BCUT2D eigenvalue weighted by Gasteiger charge is 2.20. The maximum absolute atomic E-state index is 12.6. The van der Waals surface area contributed by atoms with Crippen LogP contribution in [-0.4, -0.2) is 256 Å². The Morgan fingerprint density at radius 3 is 1.52 bits per heavy atom. The van der Waals surface area contributed by atoms with Gasteiger partial charge in [0.2, 0.25) is 29.5 Å². The lowest BCUT2D eigenvalue weighted by atomic mass is 10.1. The third kappa shape index (κ3) is 28.5. The first-order valence-corrected chi connectivity index (χ1v) is 27.8. The van der Waals surface area contributed by atoms with Gasteiger partial charge in [-0.3, -0.25) is 28.9 Å². The molecule has 0 bridgehead atoms. The Hall–Kier alpha value is -6.97. The summed E-state index contributed by atoms with van der Waals surface area (Å²) in [4.78, 5) is 70.7. The van der Waals surface area contributed by atoms with E-state index in [9.17, 15) is 24.0 Å². The fourth-order valence-electron chi connectivity index (χ4n) is 7.50. The van der Waals surface area contributed by atoms with E-state index >= 15 is 0 Å². The maximum Gasteiger partial charge on any atom is 0.319 e. The van der Waals surface area contributed by atoms with Crippen LogP contribution in [0.4, 0.5) is 5.95 Å². The van der Waals surface area contributed by atoms with Crippen molar-refractivity contribution in [2.75, 3.05) is 197 Å². The maximum atomic E-state index is 12.6. The molecule has 5 rings (SSSR count). The molecule has 0 aliphatic rings. The topological polar surface area (TPSA) is 348 Å². The number of aryl methyl sites for hydroxylation is 2. The molecule has 30 heteroatoms. The van der Waals surface area contributed by atoms with Gasteiger partial charge in [-0.05, 0) is 42.7 Å². The van der Waals surface area contributed by atoms with Crippen LogP contribution in [0.2, 0.25) is 0 Å². The van der Waals surface area contributed by atoms with E-state index in [1.165, 1.54) is 23.4 Å². The van der Waals surface area contributed by atoms with Crippen molar-refractivity contribution in [3.8, 4) is 17.3 Å². The number of ether oxygens (including phenoxy) is 12. The number of methoxy groups -OCH3 is 1. The summed E-state index contributed by atoms with van der Waals surface area (Å²) in [5.41, 5.74) is 8.51. The van der Waals surface area contributed by atoms with Gasteiger partial charge in [0.15, 0.2) is 23.7 Å². The van der Waals surface area contributed by atoms with E-state index in [1.807, 2.05) is 28.9 Å². The number of hydrogen-bond donors (Lipinski definition) is 5. The summed E-state index contributed by atoms with van der Waals surface area (Å²) in [6, 6.07) is 11.2. The van der Waals surface area contributed by atoms with Crippen LogP contribution in [0.1, 0.15) is 18.9 Å². The van der Waals surface area contributed by atoms with Gasteiger partial charge in [-0.2, -0.15) is 14.6 Å². The first-order chi connectivity index (χ1) is 41.1. The minimum Gasteiger partial charge on any atom is -0.484 e. The lowest BCUT2D eigenvalue weighted by molar-refractivity contribution is -0.142. The summed E-state index contributed by atoms with van der Waals surface area (Å²) >= 11 is 0. The Balaban J connectivity index is 0.745. The van der Waals surface area contributed by atoms with Gasteiger partial charge in [0.25, 0.3) is 5.91 Å². The van der Waals surface area contributed by atoms with Crippen molar-refractivity contribution in [2.24, 2.45) is 0 Å². The largest absolute Gasteiger partial charge is 0.484 e. The third-order valence-corrected chi connectivity index (χ3v) is 11.6. The molecule has 4 aromatic heterocycles. The van der Waals surface area contributed by atoms with Gasteiger partial charge in [-0.1, -0.05) is 12.1 Å². The van der Waals surface area contributed by atoms with E-state index in [4.69, 9.17) is 67.0 Å². The van der Waals surface area contributed by atoms with Crippen molar-refractivity contribution in [1.82, 2.24) is 55.5 Å². The SMILES string of the molecule is COC(=O)CN(CC(=O)NCCOCCOCCOCCOCCOCCNC(C)=O)CC(=O)NCCOCCOCCOCCOCCOCCNC(=O)COc1ccc(CCCn2ncc3c2nc(N)n2nc(-c4ccco4)nc32)cc1. The quantitative estimate of drug-likeness (QED) is 0.0241. The van der Waals surface area contributed by atoms with Crippen LogP contribution in [0.15, 0.2) is 53.3 Å². The highest BCUT2D eigenvalue weighted by atomic mass is 16.6. The number of anilines is 1. The Morgan fingerprint density at radius 1 is 0.583 bits per heavy atom. The van der Waals surface area contributed by atoms with Crippen LogP contribution >= 0.6 is 0 Å². The first kappa shape index (κ1) is 67.8. The second-order valence-corrected chi connectivity index (χ2v) is 18.1. The zero-order chi connectivity index (χ0) is 59.7. The zero-order valence-electron chi connectivity index (χ0n) is 48.1. The third-order valence-electron chi connectivity index (χ3n) is 11.6. The summed E-state index contributed by atoms with van der Waals surface area (Å²) in [7, 11) is 1.23. The predicted octanol–water partition coefficient (Wildman–Crippen LogP) is -0.547. The van der Waals surface area contributed by atoms with E-state index in [0.717, 1.165) is 23.8 Å². The van der Waals surface area contributed by atoms with Crippen molar-refractivity contribution >= 4 is 52.2 Å². The van der Waals surface area contributed by atoms with Gasteiger partial charge >= 0.3 is 5.97 Å². The smallest absolute Gasteiger partial charge is 0.319 e. The standard InChI is InChI=1S/C54H82N12O18/c1-42(67)56-11-17-73-21-25-77-29-33-81-34-30-78-26-22-74-18-12-57-47(68)38-64(40-50(71)72-2)39-48(69)58-13-19-75-23-27-79-31-35-82-36-32-80-28-24-76-20-14-59-49(70)41-84-44-9-7-43(8-10-44)5-3-15-65-52-45(37-60-65)53-61-51(46-6-4-16-83-46)63-66(53)54(55)62-52/h4,6-10,16,37H,3,5,11-15,17-36,38-41H2,1-2H3,(H2,55,62)(H,56,67)(H,57,68)(H,58,69)(H,59,70). The molecular formula is C54H82N12O18. The van der Waals surface area contributed by atoms with Gasteiger partial charge in [0.05, 0.1) is 177 Å². The number of rotatable bonds is 50. The fraction of sp³-hybridized carbons (Fsp3) is 0.611. The Kier molecular flexibility index (Phi) is 33.9. The molecule has 0 fully saturated rings. The molecule has 0 aliphatic carbocycles. The van der Waals surface area contributed by atoms with Crippen LogP contribution in [0, 0.1) is 0 Å². The minimum atomic E-state index is -0.589. The lowest BCUT2D eigenvalue weighted by Gasteiger charge is -2.20. The number of hydrogen-bond acceptors (Lipinski definition) is 24. The first-order valence-electron chi connectivity index (χ1n) is 27.8. The molecule has 0 atom stereocenters. The second-order valence-electron chi connectivity index (χ2n) is 18.1. The number of nitrogens with two attached hydrogens (primary N) is 1. The monoisotopic (exact) mass is 1190 g/mol. The van der Waals surface area contributed by atoms with E-state index in [2.05, 4.69) is 41.4 Å². The normalized spacial score (nSPS) is 11.4. The summed E-state index contributed by atoms with van der Waals surface area (Å²) in [6.07, 6.45) is 4.86. The van der Waals surface area contributed by atoms with E-state index in [1.54, 1.807) is 24.6 Å². The van der Waals surface area contributed by atoms with E-state index in [0.29, 0.717) is 167 Å². The molecule has 0 unspecified atom stereocenters. The molecule has 0 radical (unpaired) electrons. The van der Waals surface area contributed by atoms with Gasteiger partial charge in [-0.25, -0.2) is 9.67 Å². The number of nitrogen functional groups attached to an aromatic ring is 1. The average Bonchev–Trinajstić information content (AvgIpc) is 4.28. The molecule has 6 N–H and O–H groups in total. The van der Waals surface area contributed by atoms with Crippen LogP contribution in [0.5, 0.6) is 5.75 Å². The fourth-order valence-corrected chi connectivity index (χ4v) is 7.50. The number of furan rings is 1. The molecule has 0 spiro atoms. The van der Waals surface area contributed by atoms with Crippen LogP contribution in [-0.2, 0) is 89.0 Å². The van der Waals surface area contributed by atoms with Crippen LogP contribution in [0.25, 0.3) is 28.3 Å². The lowest BCUT2D eigenvalue weighted by Crippen LogP contribution is -2.46. The number of nitrogens with zero attached hydrogens (tertiary/aromatic N) is 7. The molecule has 466 valence electrons. The van der Waals surface area contributed by atoms with E-state index < -0.39 is 11.9 Å². The number of esters is 1. The molecule has 5 aromatic rings. The molecule has 0 saturated carbocycles. The van der Waals surface area contributed by atoms with Gasteiger partial charge in [0.1, 0.15) is 5.75 Å². The molecule has 1 aromatic carbocycles. The Labute approximate surface area is 487 Å². The second kappa shape index (κ2) is 41.9. The van der Waals surface area contributed by atoms with Gasteiger partial charge in [0, 0.05) is 39.6 Å².